The molecule has 1 atom stereocenters. The van der Waals surface area contributed by atoms with Gasteiger partial charge in [0.05, 0.1) is 28.4 Å². The average molecular weight is 528 g/mol. The van der Waals surface area contributed by atoms with E-state index in [2.05, 4.69) is 30.7 Å². The van der Waals surface area contributed by atoms with Gasteiger partial charge in [-0.3, -0.25) is 19.5 Å². The molecule has 7 nitrogen and oxygen atoms in total. The van der Waals surface area contributed by atoms with Gasteiger partial charge in [-0.05, 0) is 66.3 Å². The molecule has 8 heteroatoms. The number of Topliss-reactive ketones (excluding diaryl/α,β-unsaturated/α-hetero) is 1. The highest BCUT2D eigenvalue weighted by atomic mass is 32.1. The number of aliphatic hydroxyl groups is 1. The van der Waals surface area contributed by atoms with E-state index < -0.39 is 17.7 Å². The lowest BCUT2D eigenvalue weighted by atomic mass is 9.84. The van der Waals surface area contributed by atoms with Crippen LogP contribution in [0.3, 0.4) is 0 Å². The molecule has 1 saturated heterocycles. The number of hydrogen-bond donors (Lipinski definition) is 1. The topological polar surface area (TPSA) is 92.6 Å². The van der Waals surface area contributed by atoms with Crippen LogP contribution < -0.4 is 9.64 Å². The number of rotatable bonds is 5. The third kappa shape index (κ3) is 4.45. The zero-order valence-corrected chi connectivity index (χ0v) is 22.8. The van der Waals surface area contributed by atoms with Crippen molar-refractivity contribution in [1.82, 2.24) is 9.97 Å². The number of pyridine rings is 1. The first kappa shape index (κ1) is 25.6. The zero-order valence-electron chi connectivity index (χ0n) is 22.0. The van der Waals surface area contributed by atoms with E-state index in [9.17, 15) is 14.7 Å². The van der Waals surface area contributed by atoms with Crippen molar-refractivity contribution in [2.75, 3.05) is 11.5 Å². The summed E-state index contributed by atoms with van der Waals surface area (Å²) in [5, 5.41) is 12.0. The lowest BCUT2D eigenvalue weighted by Gasteiger charge is -2.23. The number of ketones is 1. The minimum absolute atomic E-state index is 0.0198. The average Bonchev–Trinajstić information content (AvgIpc) is 3.41. The van der Waals surface area contributed by atoms with Gasteiger partial charge in [0, 0.05) is 18.0 Å². The summed E-state index contributed by atoms with van der Waals surface area (Å²) in [4.78, 5) is 37.4. The van der Waals surface area contributed by atoms with Crippen molar-refractivity contribution in [3.8, 4) is 5.75 Å². The van der Waals surface area contributed by atoms with Gasteiger partial charge in [0.15, 0.2) is 5.13 Å². The number of carbonyl (C=O) groups is 2. The van der Waals surface area contributed by atoms with Crippen LogP contribution in [0.1, 0.15) is 56.0 Å². The monoisotopic (exact) mass is 527 g/mol. The van der Waals surface area contributed by atoms with Crippen molar-refractivity contribution < 1.29 is 19.4 Å². The molecule has 1 aliphatic heterocycles. The van der Waals surface area contributed by atoms with Crippen LogP contribution in [0.25, 0.3) is 16.0 Å². The fraction of sp³-hybridized carbons (Fsp3) is 0.267. The molecule has 38 heavy (non-hydrogen) atoms. The number of ether oxygens (including phenoxy) is 1. The molecule has 0 radical (unpaired) electrons. The van der Waals surface area contributed by atoms with Crippen molar-refractivity contribution in [3.63, 3.8) is 0 Å². The van der Waals surface area contributed by atoms with E-state index in [-0.39, 0.29) is 16.7 Å². The summed E-state index contributed by atoms with van der Waals surface area (Å²) < 4.78 is 6.44. The molecule has 1 aliphatic rings. The van der Waals surface area contributed by atoms with E-state index in [0.29, 0.717) is 34.1 Å². The largest absolute Gasteiger partial charge is 0.507 e. The van der Waals surface area contributed by atoms with Crippen LogP contribution in [-0.4, -0.2) is 33.4 Å². The van der Waals surface area contributed by atoms with Gasteiger partial charge >= 0.3 is 5.91 Å². The van der Waals surface area contributed by atoms with Gasteiger partial charge in [-0.15, -0.1) is 0 Å². The van der Waals surface area contributed by atoms with Gasteiger partial charge in [-0.2, -0.15) is 0 Å². The molecule has 1 unspecified atom stereocenters. The van der Waals surface area contributed by atoms with E-state index >= 15 is 0 Å². The molecule has 0 bridgehead atoms. The molecule has 2 aromatic carbocycles. The molecular formula is C30H29N3O4S. The Bertz CT molecular complexity index is 1580. The Morgan fingerprint density at radius 3 is 2.61 bits per heavy atom. The standard InChI is InChI=1S/C30H29N3O4S/c1-6-37-20-11-12-22-23(15-20)38-29(32-22)33-25(18-8-7-13-31-16-18)24(27(35)28(33)36)26(34)21-14-19(30(3,4)5)10-9-17(21)2/h7-16,25,34H,6H2,1-5H3/b26-24+. The normalized spacial score (nSPS) is 17.4. The predicted molar refractivity (Wildman–Crippen MR) is 150 cm³/mol. The number of amides is 1. The first-order valence-electron chi connectivity index (χ1n) is 12.5. The SMILES string of the molecule is CCOc1ccc2nc(N3C(=O)C(=O)/C(=C(/O)c4cc(C(C)(C)C)ccc4C)C3c3cccnc3)sc2c1. The van der Waals surface area contributed by atoms with Crippen molar-refractivity contribution >= 4 is 44.1 Å². The van der Waals surface area contributed by atoms with Crippen molar-refractivity contribution in [2.24, 2.45) is 0 Å². The molecule has 2 aromatic heterocycles. The van der Waals surface area contributed by atoms with Crippen LogP contribution in [0.4, 0.5) is 5.13 Å². The number of benzene rings is 2. The van der Waals surface area contributed by atoms with Crippen molar-refractivity contribution in [1.29, 1.82) is 0 Å². The highest BCUT2D eigenvalue weighted by molar-refractivity contribution is 7.22. The number of aryl methyl sites for hydroxylation is 1. The van der Waals surface area contributed by atoms with Gasteiger partial charge in [0.1, 0.15) is 11.5 Å². The summed E-state index contributed by atoms with van der Waals surface area (Å²) in [6.45, 7) is 10.6. The van der Waals surface area contributed by atoms with E-state index in [1.807, 2.05) is 50.2 Å². The van der Waals surface area contributed by atoms with Crippen LogP contribution in [-0.2, 0) is 15.0 Å². The second-order valence-corrected chi connectivity index (χ2v) is 11.3. The maximum absolute atomic E-state index is 13.6. The third-order valence-electron chi connectivity index (χ3n) is 6.67. The number of hydrogen-bond acceptors (Lipinski definition) is 7. The molecule has 1 N–H and O–H groups in total. The molecule has 0 aliphatic carbocycles. The smallest absolute Gasteiger partial charge is 0.301 e. The number of anilines is 1. The quantitative estimate of drug-likeness (QED) is 0.185. The fourth-order valence-corrected chi connectivity index (χ4v) is 5.64. The molecule has 0 spiro atoms. The molecule has 1 fully saturated rings. The summed E-state index contributed by atoms with van der Waals surface area (Å²) in [6, 6.07) is 14.0. The predicted octanol–water partition coefficient (Wildman–Crippen LogP) is 6.32. The van der Waals surface area contributed by atoms with Crippen LogP contribution in [0.5, 0.6) is 5.75 Å². The third-order valence-corrected chi connectivity index (χ3v) is 7.69. The second kappa shape index (κ2) is 9.68. The van der Waals surface area contributed by atoms with Gasteiger partial charge in [-0.25, -0.2) is 4.98 Å². The lowest BCUT2D eigenvalue weighted by molar-refractivity contribution is -0.132. The summed E-state index contributed by atoms with van der Waals surface area (Å²) in [6.07, 6.45) is 3.23. The summed E-state index contributed by atoms with van der Waals surface area (Å²) in [5.41, 5.74) is 3.48. The minimum atomic E-state index is -0.881. The van der Waals surface area contributed by atoms with Gasteiger partial charge < -0.3 is 9.84 Å². The maximum Gasteiger partial charge on any atom is 0.301 e. The fourth-order valence-electron chi connectivity index (χ4n) is 4.62. The Balaban J connectivity index is 1.71. The molecule has 4 aromatic rings. The molecular weight excluding hydrogens is 498 g/mol. The molecule has 3 heterocycles. The Morgan fingerprint density at radius 1 is 1.13 bits per heavy atom. The first-order chi connectivity index (χ1) is 18.1. The molecule has 1 amide bonds. The Labute approximate surface area is 225 Å². The summed E-state index contributed by atoms with van der Waals surface area (Å²) in [5.74, 6) is -1.00. The van der Waals surface area contributed by atoms with Gasteiger partial charge in [0.2, 0.25) is 0 Å². The Kier molecular flexibility index (Phi) is 6.53. The summed E-state index contributed by atoms with van der Waals surface area (Å²) >= 11 is 1.29. The number of nitrogens with zero attached hydrogens (tertiary/aromatic N) is 3. The van der Waals surface area contributed by atoms with Gasteiger partial charge in [0.25, 0.3) is 5.78 Å². The number of fused-ring (bicyclic) bond motifs is 1. The van der Waals surface area contributed by atoms with Crippen LogP contribution in [0, 0.1) is 6.92 Å². The van der Waals surface area contributed by atoms with E-state index in [1.54, 1.807) is 24.5 Å². The number of carbonyl (C=O) groups excluding carboxylic acids is 2. The van der Waals surface area contributed by atoms with E-state index in [0.717, 1.165) is 15.8 Å². The van der Waals surface area contributed by atoms with E-state index in [4.69, 9.17) is 4.74 Å². The van der Waals surface area contributed by atoms with Crippen LogP contribution in [0.2, 0.25) is 0 Å². The number of aliphatic hydroxyl groups excluding tert-OH is 1. The second-order valence-electron chi connectivity index (χ2n) is 10.3. The summed E-state index contributed by atoms with van der Waals surface area (Å²) in [7, 11) is 0. The van der Waals surface area contributed by atoms with Gasteiger partial charge in [-0.1, -0.05) is 50.3 Å². The Morgan fingerprint density at radius 2 is 1.92 bits per heavy atom. The minimum Gasteiger partial charge on any atom is -0.507 e. The number of aromatic nitrogens is 2. The lowest BCUT2D eigenvalue weighted by Crippen LogP contribution is -2.29. The van der Waals surface area contributed by atoms with Crippen LogP contribution in [0.15, 0.2) is 66.5 Å². The first-order valence-corrected chi connectivity index (χ1v) is 13.3. The van der Waals surface area contributed by atoms with Crippen LogP contribution >= 0.6 is 11.3 Å². The maximum atomic E-state index is 13.6. The molecule has 194 valence electrons. The van der Waals surface area contributed by atoms with Crippen molar-refractivity contribution in [3.05, 3.63) is 88.8 Å². The molecule has 0 saturated carbocycles. The zero-order chi connectivity index (χ0) is 27.2. The molecule has 5 rings (SSSR count). The highest BCUT2D eigenvalue weighted by Crippen LogP contribution is 2.45. The Hall–Kier alpha value is -4.04. The van der Waals surface area contributed by atoms with E-state index in [1.165, 1.54) is 16.2 Å². The highest BCUT2D eigenvalue weighted by Gasteiger charge is 2.48. The number of thiazole rings is 1. The van der Waals surface area contributed by atoms with Crippen molar-refractivity contribution in [2.45, 2.75) is 46.1 Å².